The fourth-order valence-electron chi connectivity index (χ4n) is 2.90. The van der Waals surface area contributed by atoms with Gasteiger partial charge in [0.15, 0.2) is 5.94 Å². The van der Waals surface area contributed by atoms with Crippen LogP contribution in [-0.4, -0.2) is 38.6 Å². The molecule has 144 valence electrons. The van der Waals surface area contributed by atoms with Crippen molar-refractivity contribution in [2.24, 2.45) is 0 Å². The summed E-state index contributed by atoms with van der Waals surface area (Å²) in [5.41, 5.74) is 1.76. The van der Waals surface area contributed by atoms with Gasteiger partial charge in [-0.3, -0.25) is 4.21 Å². The number of hydrogen-bond acceptors (Lipinski definition) is 6. The molecule has 1 atom stereocenters. The molecule has 0 aliphatic carbocycles. The van der Waals surface area contributed by atoms with Gasteiger partial charge in [-0.05, 0) is 12.5 Å². The van der Waals surface area contributed by atoms with E-state index in [2.05, 4.69) is 0 Å². The van der Waals surface area contributed by atoms with Crippen molar-refractivity contribution in [3.8, 4) is 28.7 Å². The number of ether oxygens (including phenoxy) is 5. The summed E-state index contributed by atoms with van der Waals surface area (Å²) in [6.07, 6.45) is 4.52. The zero-order chi connectivity index (χ0) is 19.4. The summed E-state index contributed by atoms with van der Waals surface area (Å²) in [5, 5.41) is 0. The molecule has 1 unspecified atom stereocenters. The van der Waals surface area contributed by atoms with Gasteiger partial charge in [0.2, 0.25) is 0 Å². The Kier molecular flexibility index (Phi) is 5.91. The molecule has 0 aromatic heterocycles. The highest BCUT2D eigenvalue weighted by atomic mass is 32.2. The minimum absolute atomic E-state index is 0.192. The van der Waals surface area contributed by atoms with Crippen LogP contribution in [0.2, 0.25) is 0 Å². The molecule has 0 bridgehead atoms. The first-order valence-corrected chi connectivity index (χ1v) is 9.61. The molecule has 1 aliphatic heterocycles. The number of methoxy groups -OCH3 is 4. The maximum Gasteiger partial charge on any atom is 0.167 e. The molecule has 0 N–H and O–H groups in total. The predicted molar refractivity (Wildman–Crippen MR) is 104 cm³/mol. The van der Waals surface area contributed by atoms with E-state index in [9.17, 15) is 4.21 Å². The predicted octanol–water partition coefficient (Wildman–Crippen LogP) is 3.43. The lowest BCUT2D eigenvalue weighted by Gasteiger charge is -2.13. The number of hydrogen-bond donors (Lipinski definition) is 0. The van der Waals surface area contributed by atoms with Crippen molar-refractivity contribution in [2.75, 3.05) is 34.4 Å². The van der Waals surface area contributed by atoms with Gasteiger partial charge in [0.25, 0.3) is 0 Å². The van der Waals surface area contributed by atoms with Gasteiger partial charge < -0.3 is 23.7 Å². The number of fused-ring (bicyclic) bond motifs is 1. The molecule has 1 aliphatic rings. The average molecular weight is 390 g/mol. The fraction of sp³-hybridized carbons (Fsp3) is 0.300. The van der Waals surface area contributed by atoms with Crippen LogP contribution in [0.25, 0.3) is 6.08 Å². The zero-order valence-electron chi connectivity index (χ0n) is 15.7. The van der Waals surface area contributed by atoms with Gasteiger partial charge in [0, 0.05) is 23.8 Å². The van der Waals surface area contributed by atoms with Gasteiger partial charge in [-0.25, -0.2) is 0 Å². The van der Waals surface area contributed by atoms with Crippen LogP contribution < -0.4 is 23.7 Å². The monoisotopic (exact) mass is 390 g/mol. The molecule has 3 rings (SSSR count). The summed E-state index contributed by atoms with van der Waals surface area (Å²) in [7, 11) is 5.27. The second-order valence-corrected chi connectivity index (χ2v) is 7.14. The van der Waals surface area contributed by atoms with Crippen molar-refractivity contribution < 1.29 is 27.9 Å². The van der Waals surface area contributed by atoms with Gasteiger partial charge >= 0.3 is 0 Å². The van der Waals surface area contributed by atoms with E-state index in [1.807, 2.05) is 18.2 Å². The largest absolute Gasteiger partial charge is 0.496 e. The minimum Gasteiger partial charge on any atom is -0.496 e. The van der Waals surface area contributed by atoms with Crippen molar-refractivity contribution in [3.63, 3.8) is 0 Å². The van der Waals surface area contributed by atoms with Crippen molar-refractivity contribution >= 4 is 16.9 Å². The number of benzene rings is 2. The Morgan fingerprint density at radius 2 is 1.63 bits per heavy atom. The van der Waals surface area contributed by atoms with Crippen LogP contribution in [0.15, 0.2) is 35.2 Å². The molecule has 0 saturated heterocycles. The summed E-state index contributed by atoms with van der Waals surface area (Å²) in [6, 6.07) is 7.28. The molecule has 7 heteroatoms. The zero-order valence-corrected chi connectivity index (χ0v) is 16.6. The third-order valence-electron chi connectivity index (χ3n) is 4.29. The van der Waals surface area contributed by atoms with E-state index in [0.717, 1.165) is 11.1 Å². The van der Waals surface area contributed by atoms with Crippen LogP contribution in [0.3, 0.4) is 0 Å². The van der Waals surface area contributed by atoms with Crippen molar-refractivity contribution in [1.82, 2.24) is 0 Å². The van der Waals surface area contributed by atoms with Gasteiger partial charge in [0.05, 0.1) is 49.7 Å². The van der Waals surface area contributed by atoms with E-state index in [4.69, 9.17) is 23.7 Å². The summed E-state index contributed by atoms with van der Waals surface area (Å²) in [5.74, 6) is 3.50. The maximum atomic E-state index is 11.9. The Bertz CT molecular complexity index is 865. The molecular weight excluding hydrogens is 368 g/mol. The first-order chi connectivity index (χ1) is 13.1. The summed E-state index contributed by atoms with van der Waals surface area (Å²) >= 11 is 0. The van der Waals surface area contributed by atoms with Crippen LogP contribution in [0.4, 0.5) is 0 Å². The Labute approximate surface area is 161 Å². The second kappa shape index (κ2) is 8.35. The molecule has 0 amide bonds. The molecule has 0 fully saturated rings. The summed E-state index contributed by atoms with van der Waals surface area (Å²) < 4.78 is 39.0. The molecule has 2 aromatic rings. The lowest BCUT2D eigenvalue weighted by atomic mass is 10.1. The van der Waals surface area contributed by atoms with E-state index in [0.29, 0.717) is 40.1 Å². The standard InChI is InChI=1S/C20H22O6S/c1-22-14-9-17(24-3)15(18(10-14)25-4)7-5-6-13-8-19-20(11-16(13)23-2)27(21)12-26-19/h5,7-11H,6,12H2,1-4H3. The quantitative estimate of drug-likeness (QED) is 0.722. The Balaban J connectivity index is 1.89. The molecular formula is C20H22O6S. The van der Waals surface area contributed by atoms with Crippen LogP contribution in [-0.2, 0) is 17.2 Å². The van der Waals surface area contributed by atoms with Crippen LogP contribution >= 0.6 is 0 Å². The van der Waals surface area contributed by atoms with Crippen molar-refractivity contribution in [2.45, 2.75) is 11.3 Å². The highest BCUT2D eigenvalue weighted by Crippen LogP contribution is 2.37. The Morgan fingerprint density at radius 1 is 0.963 bits per heavy atom. The van der Waals surface area contributed by atoms with Crippen LogP contribution in [0.5, 0.6) is 28.7 Å². The lowest BCUT2D eigenvalue weighted by Crippen LogP contribution is -1.95. The maximum absolute atomic E-state index is 11.9. The third-order valence-corrected chi connectivity index (χ3v) is 5.43. The van der Waals surface area contributed by atoms with Gasteiger partial charge in [-0.15, -0.1) is 0 Å². The highest BCUT2D eigenvalue weighted by molar-refractivity contribution is 7.85. The topological polar surface area (TPSA) is 63.2 Å². The molecule has 2 aromatic carbocycles. The van der Waals surface area contributed by atoms with E-state index < -0.39 is 10.8 Å². The number of rotatable bonds is 7. The highest BCUT2D eigenvalue weighted by Gasteiger charge is 2.22. The molecule has 1 heterocycles. The van der Waals surface area contributed by atoms with Gasteiger partial charge in [-0.1, -0.05) is 12.2 Å². The van der Waals surface area contributed by atoms with E-state index in [1.165, 1.54) is 0 Å². The molecule has 0 spiro atoms. The Hall–Kier alpha value is -2.67. The van der Waals surface area contributed by atoms with Crippen molar-refractivity contribution in [1.29, 1.82) is 0 Å². The van der Waals surface area contributed by atoms with Crippen molar-refractivity contribution in [3.05, 3.63) is 41.5 Å². The SMILES string of the molecule is COc1cc(OC)c(C=CCc2cc3c(cc2OC)S(=O)CO3)c(OC)c1. The summed E-state index contributed by atoms with van der Waals surface area (Å²) in [4.78, 5) is 0.679. The molecule has 27 heavy (non-hydrogen) atoms. The molecule has 0 radical (unpaired) electrons. The van der Waals surface area contributed by atoms with Crippen LogP contribution in [0, 0.1) is 0 Å². The first kappa shape index (κ1) is 19.1. The minimum atomic E-state index is -1.13. The third kappa shape index (κ3) is 3.88. The molecule has 6 nitrogen and oxygen atoms in total. The normalized spacial score (nSPS) is 15.3. The van der Waals surface area contributed by atoms with Crippen LogP contribution in [0.1, 0.15) is 11.1 Å². The van der Waals surface area contributed by atoms with E-state index >= 15 is 0 Å². The lowest BCUT2D eigenvalue weighted by molar-refractivity contribution is 0.374. The van der Waals surface area contributed by atoms with Gasteiger partial charge in [0.1, 0.15) is 28.7 Å². The van der Waals surface area contributed by atoms with E-state index in [-0.39, 0.29) is 5.94 Å². The number of allylic oxidation sites excluding steroid dienone is 1. The summed E-state index contributed by atoms with van der Waals surface area (Å²) in [6.45, 7) is 0. The smallest absolute Gasteiger partial charge is 0.167 e. The molecule has 0 saturated carbocycles. The first-order valence-electron chi connectivity index (χ1n) is 8.29. The Morgan fingerprint density at radius 3 is 2.22 bits per heavy atom. The fourth-order valence-corrected chi connectivity index (χ4v) is 3.85. The average Bonchev–Trinajstić information content (AvgIpc) is 3.06. The second-order valence-electron chi connectivity index (χ2n) is 5.77. The van der Waals surface area contributed by atoms with Gasteiger partial charge in [-0.2, -0.15) is 0 Å². The van der Waals surface area contributed by atoms with E-state index in [1.54, 1.807) is 46.6 Å².